The monoisotopic (exact) mass is 318 g/mol. The van der Waals surface area contributed by atoms with Crippen LogP contribution in [0.2, 0.25) is 0 Å². The second-order valence-electron chi connectivity index (χ2n) is 6.28. The molecule has 124 valence electrons. The molecule has 23 heavy (non-hydrogen) atoms. The van der Waals surface area contributed by atoms with E-state index >= 15 is 0 Å². The first-order valence-corrected chi connectivity index (χ1v) is 8.06. The van der Waals surface area contributed by atoms with Crippen LogP contribution < -0.4 is 0 Å². The van der Waals surface area contributed by atoms with Gasteiger partial charge in [-0.05, 0) is 24.3 Å². The maximum atomic E-state index is 12.2. The zero-order valence-electron chi connectivity index (χ0n) is 13.1. The van der Waals surface area contributed by atoms with Crippen LogP contribution in [0.3, 0.4) is 0 Å². The molecule has 0 spiro atoms. The van der Waals surface area contributed by atoms with Gasteiger partial charge in [-0.15, -0.1) is 0 Å². The van der Waals surface area contributed by atoms with E-state index in [0.717, 1.165) is 12.1 Å². The van der Waals surface area contributed by atoms with E-state index in [-0.39, 0.29) is 13.2 Å². The molecule has 2 aliphatic rings. The van der Waals surface area contributed by atoms with Gasteiger partial charge in [-0.25, -0.2) is 4.79 Å². The van der Waals surface area contributed by atoms with Gasteiger partial charge in [0.05, 0.1) is 6.54 Å². The number of hydrogen-bond acceptors (Lipinski definition) is 4. The van der Waals surface area contributed by atoms with Crippen LogP contribution in [-0.2, 0) is 16.1 Å². The highest BCUT2D eigenvalue weighted by Gasteiger charge is 2.37. The van der Waals surface area contributed by atoms with Crippen molar-refractivity contribution in [1.29, 1.82) is 0 Å². The van der Waals surface area contributed by atoms with Gasteiger partial charge < -0.3 is 14.7 Å². The van der Waals surface area contributed by atoms with Crippen molar-refractivity contribution in [2.45, 2.75) is 25.5 Å². The summed E-state index contributed by atoms with van der Waals surface area (Å²) in [5.74, 6) is -0.236. The minimum atomic E-state index is -0.869. The summed E-state index contributed by atoms with van der Waals surface area (Å²) in [6, 6.07) is 8.83. The Morgan fingerprint density at radius 3 is 2.57 bits per heavy atom. The lowest BCUT2D eigenvalue weighted by atomic mass is 10.1. The Balaban J connectivity index is 1.53. The fraction of sp³-hybridized carbons (Fsp3) is 0.529. The van der Waals surface area contributed by atoms with Crippen LogP contribution in [0.5, 0.6) is 0 Å². The Morgan fingerprint density at radius 1 is 1.17 bits per heavy atom. The summed E-state index contributed by atoms with van der Waals surface area (Å²) in [5.41, 5.74) is 0.919. The highest BCUT2D eigenvalue weighted by Crippen LogP contribution is 2.31. The van der Waals surface area contributed by atoms with Crippen LogP contribution in [0.25, 0.3) is 0 Å². The Labute approximate surface area is 135 Å². The third-order valence-electron chi connectivity index (χ3n) is 4.43. The molecule has 1 aromatic rings. The van der Waals surface area contributed by atoms with Crippen LogP contribution >= 0.6 is 0 Å². The van der Waals surface area contributed by atoms with Gasteiger partial charge in [0.2, 0.25) is 0 Å². The lowest BCUT2D eigenvalue weighted by molar-refractivity contribution is -0.145. The first kappa shape index (κ1) is 15.8. The normalized spacial score (nSPS) is 21.9. The van der Waals surface area contributed by atoms with Crippen LogP contribution in [0.4, 0.5) is 4.79 Å². The van der Waals surface area contributed by atoms with Gasteiger partial charge in [-0.1, -0.05) is 30.3 Å². The predicted molar refractivity (Wildman–Crippen MR) is 83.9 cm³/mol. The van der Waals surface area contributed by atoms with Gasteiger partial charge in [-0.3, -0.25) is 9.69 Å². The molecule has 6 nitrogen and oxygen atoms in total. The van der Waals surface area contributed by atoms with Crippen molar-refractivity contribution < 1.29 is 19.4 Å². The number of carboxylic acid groups (broad SMARTS) is 1. The number of hydrogen-bond donors (Lipinski definition) is 1. The quantitative estimate of drug-likeness (QED) is 0.896. The Morgan fingerprint density at radius 2 is 1.91 bits per heavy atom. The third kappa shape index (κ3) is 4.22. The molecule has 1 atom stereocenters. The first-order chi connectivity index (χ1) is 11.1. The highest BCUT2D eigenvalue weighted by atomic mass is 16.6. The summed E-state index contributed by atoms with van der Waals surface area (Å²) in [4.78, 5) is 27.2. The number of carbonyl (C=O) groups is 2. The molecule has 1 amide bonds. The number of carbonyl (C=O) groups excluding carboxylic acids is 1. The molecule has 1 aliphatic heterocycles. The molecule has 0 radical (unpaired) electrons. The maximum absolute atomic E-state index is 12.2. The van der Waals surface area contributed by atoms with Crippen molar-refractivity contribution in [2.24, 2.45) is 5.92 Å². The number of ether oxygens (including phenoxy) is 1. The van der Waals surface area contributed by atoms with E-state index in [9.17, 15) is 14.7 Å². The van der Waals surface area contributed by atoms with E-state index in [0.29, 0.717) is 19.0 Å². The molecule has 1 heterocycles. The average molecular weight is 318 g/mol. The van der Waals surface area contributed by atoms with E-state index in [1.165, 1.54) is 17.7 Å². The Kier molecular flexibility index (Phi) is 4.81. The van der Waals surface area contributed by atoms with Crippen LogP contribution in [0, 0.1) is 5.92 Å². The third-order valence-corrected chi connectivity index (χ3v) is 4.43. The first-order valence-electron chi connectivity index (χ1n) is 8.06. The summed E-state index contributed by atoms with van der Waals surface area (Å²) in [6.45, 7) is 2.33. The zero-order chi connectivity index (χ0) is 16.2. The van der Waals surface area contributed by atoms with Crippen molar-refractivity contribution in [1.82, 2.24) is 9.80 Å². The highest BCUT2D eigenvalue weighted by molar-refractivity contribution is 5.76. The smallest absolute Gasteiger partial charge is 0.410 e. The van der Waals surface area contributed by atoms with Crippen molar-refractivity contribution in [3.05, 3.63) is 35.9 Å². The van der Waals surface area contributed by atoms with E-state index < -0.39 is 18.1 Å². The molecule has 1 N–H and O–H groups in total. The minimum Gasteiger partial charge on any atom is -0.480 e. The molecule has 1 aromatic carbocycles. The summed E-state index contributed by atoms with van der Waals surface area (Å²) in [7, 11) is 0. The van der Waals surface area contributed by atoms with E-state index in [1.807, 2.05) is 35.2 Å². The van der Waals surface area contributed by atoms with E-state index in [2.05, 4.69) is 0 Å². The zero-order valence-corrected chi connectivity index (χ0v) is 13.1. The van der Waals surface area contributed by atoms with Crippen molar-refractivity contribution >= 4 is 12.1 Å². The van der Waals surface area contributed by atoms with Gasteiger partial charge in [0.1, 0.15) is 12.6 Å². The number of piperazine rings is 1. The Bertz CT molecular complexity index is 559. The lowest BCUT2D eigenvalue weighted by Gasteiger charge is -2.38. The molecular weight excluding hydrogens is 296 g/mol. The van der Waals surface area contributed by atoms with Crippen LogP contribution in [-0.4, -0.2) is 59.2 Å². The van der Waals surface area contributed by atoms with Gasteiger partial charge in [0.25, 0.3) is 0 Å². The topological polar surface area (TPSA) is 70.1 Å². The van der Waals surface area contributed by atoms with Crippen molar-refractivity contribution in [2.75, 3.05) is 26.2 Å². The number of aliphatic carboxylic acids is 1. The average Bonchev–Trinajstić information content (AvgIpc) is 3.37. The summed E-state index contributed by atoms with van der Waals surface area (Å²) >= 11 is 0. The maximum Gasteiger partial charge on any atom is 0.410 e. The Hall–Kier alpha value is -2.08. The van der Waals surface area contributed by atoms with E-state index in [4.69, 9.17) is 4.74 Å². The van der Waals surface area contributed by atoms with E-state index in [1.54, 1.807) is 0 Å². The van der Waals surface area contributed by atoms with Gasteiger partial charge >= 0.3 is 12.1 Å². The molecule has 1 saturated carbocycles. The second kappa shape index (κ2) is 7.00. The molecule has 2 fully saturated rings. The molecule has 0 bridgehead atoms. The standard InChI is InChI=1S/C17H22N2O4/c20-16(21)15-11-19(9-8-18(15)10-13-6-7-13)17(22)23-12-14-4-2-1-3-5-14/h1-5,13,15H,6-12H2,(H,20,21)/t15-/m1/s1. The summed E-state index contributed by atoms with van der Waals surface area (Å²) < 4.78 is 5.30. The number of carboxylic acids is 1. The number of benzene rings is 1. The minimum absolute atomic E-state index is 0.190. The van der Waals surface area contributed by atoms with Gasteiger partial charge in [-0.2, -0.15) is 0 Å². The van der Waals surface area contributed by atoms with Crippen molar-refractivity contribution in [3.63, 3.8) is 0 Å². The molecule has 1 aliphatic carbocycles. The number of rotatable bonds is 5. The predicted octanol–water partition coefficient (Wildman–Crippen LogP) is 1.80. The molecule has 0 aromatic heterocycles. The molecule has 6 heteroatoms. The summed E-state index contributed by atoms with van der Waals surface area (Å²) in [6.07, 6.45) is 1.93. The van der Waals surface area contributed by atoms with Crippen molar-refractivity contribution in [3.8, 4) is 0 Å². The van der Waals surface area contributed by atoms with Gasteiger partial charge in [0.15, 0.2) is 0 Å². The molecule has 1 saturated heterocycles. The molecule has 0 unspecified atom stereocenters. The SMILES string of the molecule is O=C(O)[C@H]1CN(C(=O)OCc2ccccc2)CCN1CC1CC1. The number of nitrogens with zero attached hydrogens (tertiary/aromatic N) is 2. The van der Waals surface area contributed by atoms with Crippen LogP contribution in [0.1, 0.15) is 18.4 Å². The second-order valence-corrected chi connectivity index (χ2v) is 6.28. The molecular formula is C17H22N2O4. The summed E-state index contributed by atoms with van der Waals surface area (Å²) in [5, 5.41) is 9.43. The van der Waals surface area contributed by atoms with Gasteiger partial charge in [0, 0.05) is 19.6 Å². The lowest BCUT2D eigenvalue weighted by Crippen LogP contribution is -2.58. The fourth-order valence-corrected chi connectivity index (χ4v) is 2.88. The van der Waals surface area contributed by atoms with Crippen LogP contribution in [0.15, 0.2) is 30.3 Å². The largest absolute Gasteiger partial charge is 0.480 e. The molecule has 3 rings (SSSR count). The number of amides is 1. The fourth-order valence-electron chi connectivity index (χ4n) is 2.88.